The predicted octanol–water partition coefficient (Wildman–Crippen LogP) is 2.80. The minimum atomic E-state index is -0.359. The maximum atomic E-state index is 12.9. The quantitative estimate of drug-likeness (QED) is 0.710. The second-order valence-corrected chi connectivity index (χ2v) is 6.99. The maximum absolute atomic E-state index is 12.9. The molecule has 7 heteroatoms. The van der Waals surface area contributed by atoms with Gasteiger partial charge >= 0.3 is 5.69 Å². The zero-order valence-corrected chi connectivity index (χ0v) is 16.0. The molecule has 2 aromatic carbocycles. The number of nitrogens with zero attached hydrogens (tertiary/aromatic N) is 3. The van der Waals surface area contributed by atoms with E-state index >= 15 is 0 Å². The molecule has 0 spiro atoms. The molecule has 0 saturated heterocycles. The van der Waals surface area contributed by atoms with Crippen molar-refractivity contribution in [3.05, 3.63) is 81.5 Å². The van der Waals surface area contributed by atoms with Gasteiger partial charge < -0.3 is 5.32 Å². The van der Waals surface area contributed by atoms with E-state index in [1.807, 2.05) is 44.2 Å². The van der Waals surface area contributed by atoms with Crippen molar-refractivity contribution in [3.63, 3.8) is 0 Å². The van der Waals surface area contributed by atoms with Gasteiger partial charge in [0.1, 0.15) is 12.4 Å². The highest BCUT2D eigenvalue weighted by molar-refractivity contribution is 6.30. The molecule has 1 heterocycles. The highest BCUT2D eigenvalue weighted by Crippen LogP contribution is 2.13. The molecule has 0 aliphatic rings. The number of hydrogen-bond acceptors (Lipinski definition) is 3. The van der Waals surface area contributed by atoms with E-state index in [1.54, 1.807) is 24.3 Å². The second kappa shape index (κ2) is 8.22. The summed E-state index contributed by atoms with van der Waals surface area (Å²) >= 11 is 5.93. The Balaban J connectivity index is 2.01. The molecule has 0 unspecified atom stereocenters. The lowest BCUT2D eigenvalue weighted by atomic mass is 10.1. The highest BCUT2D eigenvalue weighted by atomic mass is 35.5. The molecular weight excluding hydrogens is 364 g/mol. The van der Waals surface area contributed by atoms with Gasteiger partial charge in [-0.3, -0.25) is 9.36 Å². The van der Waals surface area contributed by atoms with Crippen LogP contribution in [0.2, 0.25) is 5.02 Å². The van der Waals surface area contributed by atoms with E-state index in [2.05, 4.69) is 10.4 Å². The first-order valence-electron chi connectivity index (χ1n) is 8.72. The van der Waals surface area contributed by atoms with Crippen LogP contribution in [-0.2, 0) is 17.8 Å². The molecule has 1 N–H and O–H groups in total. The summed E-state index contributed by atoms with van der Waals surface area (Å²) in [7, 11) is 0. The van der Waals surface area contributed by atoms with Gasteiger partial charge in [0.15, 0.2) is 0 Å². The average molecular weight is 385 g/mol. The van der Waals surface area contributed by atoms with Crippen molar-refractivity contribution in [3.8, 4) is 5.69 Å². The van der Waals surface area contributed by atoms with Gasteiger partial charge in [0.05, 0.1) is 5.69 Å². The molecule has 140 valence electrons. The molecule has 1 aromatic heterocycles. The van der Waals surface area contributed by atoms with Gasteiger partial charge in [0.2, 0.25) is 5.91 Å². The van der Waals surface area contributed by atoms with Gasteiger partial charge in [-0.1, -0.05) is 41.9 Å². The lowest BCUT2D eigenvalue weighted by Crippen LogP contribution is -2.36. The standard InChI is InChI=1S/C20H21ClN4O2/c1-14(2)22-19(26)13-24-18(12-15-6-4-3-5-7-15)23-25(20(24)27)17-10-8-16(21)9-11-17/h3-11,14H,12-13H2,1-2H3,(H,22,26). The number of carbonyl (C=O) groups is 1. The lowest BCUT2D eigenvalue weighted by molar-refractivity contribution is -0.122. The van der Waals surface area contributed by atoms with E-state index < -0.39 is 0 Å². The van der Waals surface area contributed by atoms with Gasteiger partial charge in [0, 0.05) is 17.5 Å². The number of benzene rings is 2. The van der Waals surface area contributed by atoms with Crippen LogP contribution in [0.3, 0.4) is 0 Å². The van der Waals surface area contributed by atoms with Crippen molar-refractivity contribution in [2.75, 3.05) is 0 Å². The normalized spacial score (nSPS) is 11.0. The monoisotopic (exact) mass is 384 g/mol. The van der Waals surface area contributed by atoms with Crippen molar-refractivity contribution >= 4 is 17.5 Å². The van der Waals surface area contributed by atoms with Crippen molar-refractivity contribution in [1.82, 2.24) is 19.7 Å². The third kappa shape index (κ3) is 4.65. The van der Waals surface area contributed by atoms with E-state index in [4.69, 9.17) is 11.6 Å². The number of amides is 1. The van der Waals surface area contributed by atoms with Crippen molar-refractivity contribution < 1.29 is 4.79 Å². The average Bonchev–Trinajstić information content (AvgIpc) is 2.92. The van der Waals surface area contributed by atoms with Crippen molar-refractivity contribution in [2.45, 2.75) is 32.9 Å². The number of halogens is 1. The largest absolute Gasteiger partial charge is 0.352 e. The minimum absolute atomic E-state index is 0.00270. The summed E-state index contributed by atoms with van der Waals surface area (Å²) in [4.78, 5) is 25.2. The second-order valence-electron chi connectivity index (χ2n) is 6.56. The molecule has 6 nitrogen and oxygen atoms in total. The predicted molar refractivity (Wildman–Crippen MR) is 105 cm³/mol. The molecule has 0 aliphatic carbocycles. The molecule has 0 saturated carbocycles. The van der Waals surface area contributed by atoms with Gasteiger partial charge in [-0.05, 0) is 43.7 Å². The van der Waals surface area contributed by atoms with Crippen molar-refractivity contribution in [2.24, 2.45) is 0 Å². The smallest absolute Gasteiger partial charge is 0.351 e. The van der Waals surface area contributed by atoms with E-state index in [9.17, 15) is 9.59 Å². The van der Waals surface area contributed by atoms with Crippen LogP contribution in [-0.4, -0.2) is 26.3 Å². The van der Waals surface area contributed by atoms with Crippen LogP contribution in [0.25, 0.3) is 5.69 Å². The summed E-state index contributed by atoms with van der Waals surface area (Å²) in [5, 5.41) is 7.87. The molecule has 0 bridgehead atoms. The summed E-state index contributed by atoms with van der Waals surface area (Å²) < 4.78 is 2.72. The number of hydrogen-bond donors (Lipinski definition) is 1. The molecule has 3 rings (SSSR count). The van der Waals surface area contributed by atoms with Crippen LogP contribution < -0.4 is 11.0 Å². The fraction of sp³-hybridized carbons (Fsp3) is 0.250. The van der Waals surface area contributed by atoms with Gasteiger partial charge in [0.25, 0.3) is 0 Å². The topological polar surface area (TPSA) is 68.9 Å². The van der Waals surface area contributed by atoms with Gasteiger partial charge in [-0.25, -0.2) is 4.79 Å². The third-order valence-electron chi connectivity index (χ3n) is 3.97. The van der Waals surface area contributed by atoms with Crippen LogP contribution >= 0.6 is 11.6 Å². The summed E-state index contributed by atoms with van der Waals surface area (Å²) in [5.74, 6) is 0.303. The van der Waals surface area contributed by atoms with E-state index in [1.165, 1.54) is 9.25 Å². The molecule has 0 atom stereocenters. The van der Waals surface area contributed by atoms with Crippen LogP contribution in [0, 0.1) is 0 Å². The summed E-state index contributed by atoms with van der Waals surface area (Å²) in [6.45, 7) is 3.68. The number of aromatic nitrogens is 3. The molecule has 27 heavy (non-hydrogen) atoms. The molecule has 0 aliphatic heterocycles. The number of nitrogens with one attached hydrogen (secondary N) is 1. The Morgan fingerprint density at radius 3 is 2.41 bits per heavy atom. The Bertz CT molecular complexity index is 975. The van der Waals surface area contributed by atoms with Gasteiger partial charge in [-0.15, -0.1) is 5.10 Å². The molecule has 1 amide bonds. The summed E-state index contributed by atoms with van der Waals surface area (Å²) in [6.07, 6.45) is 0.450. The Morgan fingerprint density at radius 1 is 1.11 bits per heavy atom. The number of carbonyl (C=O) groups excluding carboxylic acids is 1. The van der Waals surface area contributed by atoms with Crippen molar-refractivity contribution in [1.29, 1.82) is 0 Å². The zero-order valence-electron chi connectivity index (χ0n) is 15.2. The Kier molecular flexibility index (Phi) is 5.76. The highest BCUT2D eigenvalue weighted by Gasteiger charge is 2.18. The number of rotatable bonds is 6. The fourth-order valence-electron chi connectivity index (χ4n) is 2.77. The van der Waals surface area contributed by atoms with Crippen LogP contribution in [0.15, 0.2) is 59.4 Å². The SMILES string of the molecule is CC(C)NC(=O)Cn1c(Cc2ccccc2)nn(-c2ccc(Cl)cc2)c1=O. The molecular formula is C20H21ClN4O2. The zero-order chi connectivity index (χ0) is 19.4. The summed E-state index contributed by atoms with van der Waals surface area (Å²) in [6, 6.07) is 16.6. The first-order chi connectivity index (χ1) is 12.9. The van der Waals surface area contributed by atoms with E-state index in [0.717, 1.165) is 5.56 Å². The molecule has 3 aromatic rings. The summed E-state index contributed by atoms with van der Waals surface area (Å²) in [5.41, 5.74) is 1.25. The Morgan fingerprint density at radius 2 is 1.78 bits per heavy atom. The first kappa shape index (κ1) is 18.9. The van der Waals surface area contributed by atoms with Crippen LogP contribution in [0.1, 0.15) is 25.2 Å². The first-order valence-corrected chi connectivity index (χ1v) is 9.10. The van der Waals surface area contributed by atoms with Crippen LogP contribution in [0.4, 0.5) is 0 Å². The molecule has 0 radical (unpaired) electrons. The van der Waals surface area contributed by atoms with Gasteiger partial charge in [-0.2, -0.15) is 4.68 Å². The van der Waals surface area contributed by atoms with Crippen LogP contribution in [0.5, 0.6) is 0 Å². The van der Waals surface area contributed by atoms with E-state index in [0.29, 0.717) is 23.0 Å². The lowest BCUT2D eigenvalue weighted by Gasteiger charge is -2.09. The Hall–Kier alpha value is -2.86. The fourth-order valence-corrected chi connectivity index (χ4v) is 2.89. The van der Waals surface area contributed by atoms with E-state index in [-0.39, 0.29) is 24.2 Å². The minimum Gasteiger partial charge on any atom is -0.352 e. The molecule has 0 fully saturated rings. The maximum Gasteiger partial charge on any atom is 0.351 e. The third-order valence-corrected chi connectivity index (χ3v) is 4.22. The Labute approximate surface area is 162 Å².